The first-order valence-corrected chi connectivity index (χ1v) is 12.6. The number of hydrogen-bond acceptors (Lipinski definition) is 10. The molecule has 1 aromatic carbocycles. The standard InChI is InChI=1S/C23H30F2N6O5S/c1-22(24,25)36-17-4-2-15(3-5-17)30-7-6-23(13-30)14-31(8-9-35-23)16(12-32)10-20(33)27-19-11-18(21(26)34)28-37-29-19/h2-5,11,16,28,32H,6-10,12-14H2,1H3,(H2,26,34)(H,27,29,33). The number of amidine groups is 1. The van der Waals surface area contributed by atoms with Gasteiger partial charge in [-0.25, -0.2) is 0 Å². The second-order valence-corrected chi connectivity index (χ2v) is 9.83. The molecule has 0 aliphatic carbocycles. The van der Waals surface area contributed by atoms with Crippen LogP contribution in [0.15, 0.2) is 40.4 Å². The van der Waals surface area contributed by atoms with E-state index >= 15 is 0 Å². The molecule has 2 atom stereocenters. The number of nitrogens with two attached hydrogens (primary N) is 1. The summed E-state index contributed by atoms with van der Waals surface area (Å²) in [6.45, 7) is 3.30. The van der Waals surface area contributed by atoms with Crippen molar-refractivity contribution in [1.82, 2.24) is 14.9 Å². The summed E-state index contributed by atoms with van der Waals surface area (Å²) in [4.78, 5) is 28.2. The molecule has 2 unspecified atom stereocenters. The van der Waals surface area contributed by atoms with Crippen molar-refractivity contribution < 1.29 is 33.0 Å². The van der Waals surface area contributed by atoms with Crippen molar-refractivity contribution in [2.24, 2.45) is 10.1 Å². The number of rotatable bonds is 8. The lowest BCUT2D eigenvalue weighted by atomic mass is 9.98. The van der Waals surface area contributed by atoms with E-state index in [1.807, 2.05) is 0 Å². The quantitative estimate of drug-likeness (QED) is 0.352. The minimum Gasteiger partial charge on any atom is -0.433 e. The monoisotopic (exact) mass is 540 g/mol. The fourth-order valence-corrected chi connectivity index (χ4v) is 5.14. The Kier molecular flexibility index (Phi) is 8.21. The molecule has 0 radical (unpaired) electrons. The first-order valence-electron chi connectivity index (χ1n) is 11.8. The molecule has 37 heavy (non-hydrogen) atoms. The smallest absolute Gasteiger partial charge is 0.394 e. The number of aliphatic hydroxyl groups excluding tert-OH is 1. The van der Waals surface area contributed by atoms with Gasteiger partial charge in [-0.1, -0.05) is 0 Å². The Balaban J connectivity index is 1.34. The number of hydrogen-bond donors (Lipinski definition) is 4. The van der Waals surface area contributed by atoms with E-state index in [1.165, 1.54) is 18.2 Å². The third-order valence-electron chi connectivity index (χ3n) is 6.36. The summed E-state index contributed by atoms with van der Waals surface area (Å²) >= 11 is 0.881. The van der Waals surface area contributed by atoms with Crippen molar-refractivity contribution in [3.05, 3.63) is 36.0 Å². The molecule has 5 N–H and O–H groups in total. The second-order valence-electron chi connectivity index (χ2n) is 9.26. The fraction of sp³-hybridized carbons (Fsp3) is 0.522. The van der Waals surface area contributed by atoms with Crippen molar-refractivity contribution >= 4 is 35.5 Å². The molecule has 1 aromatic rings. The van der Waals surface area contributed by atoms with Crippen LogP contribution in [-0.4, -0.2) is 84.8 Å². The lowest BCUT2D eigenvalue weighted by Gasteiger charge is -2.43. The van der Waals surface area contributed by atoms with Gasteiger partial charge in [0.2, 0.25) is 5.91 Å². The van der Waals surface area contributed by atoms with Crippen molar-refractivity contribution in [3.63, 3.8) is 0 Å². The maximum Gasteiger partial charge on any atom is 0.394 e. The van der Waals surface area contributed by atoms with Gasteiger partial charge < -0.3 is 35.3 Å². The Bertz CT molecular complexity index is 1070. The number of morpholine rings is 1. The van der Waals surface area contributed by atoms with Crippen LogP contribution in [0.5, 0.6) is 5.75 Å². The fourth-order valence-electron chi connectivity index (χ4n) is 4.64. The minimum absolute atomic E-state index is 0.0245. The van der Waals surface area contributed by atoms with Crippen LogP contribution in [-0.2, 0) is 14.3 Å². The average molecular weight is 541 g/mol. The normalized spacial score (nSPS) is 23.2. The zero-order valence-corrected chi connectivity index (χ0v) is 21.1. The first kappa shape index (κ1) is 27.1. The summed E-state index contributed by atoms with van der Waals surface area (Å²) in [5.74, 6) is -0.736. The maximum absolute atomic E-state index is 13.1. The van der Waals surface area contributed by atoms with Crippen LogP contribution in [0.1, 0.15) is 19.8 Å². The maximum atomic E-state index is 13.1. The third-order valence-corrected chi connectivity index (χ3v) is 6.95. The molecule has 202 valence electrons. The number of amides is 2. The van der Waals surface area contributed by atoms with Gasteiger partial charge in [0.25, 0.3) is 5.91 Å². The number of ether oxygens (including phenoxy) is 2. The Morgan fingerprint density at radius 2 is 2.11 bits per heavy atom. The van der Waals surface area contributed by atoms with E-state index in [1.54, 1.807) is 12.1 Å². The van der Waals surface area contributed by atoms with Gasteiger partial charge in [-0.2, -0.15) is 13.2 Å². The molecule has 3 aliphatic rings. The van der Waals surface area contributed by atoms with Gasteiger partial charge in [0, 0.05) is 57.3 Å². The number of halogens is 2. The van der Waals surface area contributed by atoms with Crippen LogP contribution >= 0.6 is 12.1 Å². The molecule has 3 heterocycles. The highest BCUT2D eigenvalue weighted by Gasteiger charge is 2.44. The van der Waals surface area contributed by atoms with Gasteiger partial charge in [-0.05, 0) is 30.7 Å². The van der Waals surface area contributed by atoms with Crippen LogP contribution in [0.2, 0.25) is 0 Å². The molecular formula is C23H30F2N6O5S. The van der Waals surface area contributed by atoms with Crippen molar-refractivity contribution in [2.45, 2.75) is 37.5 Å². The highest BCUT2D eigenvalue weighted by atomic mass is 32.2. The van der Waals surface area contributed by atoms with E-state index in [0.717, 1.165) is 24.2 Å². The number of nitrogens with one attached hydrogen (secondary N) is 2. The lowest BCUT2D eigenvalue weighted by molar-refractivity contribution is -0.159. The number of carbonyl (C=O) groups excluding carboxylic acids is 2. The van der Waals surface area contributed by atoms with Gasteiger partial charge in [0.1, 0.15) is 17.3 Å². The minimum atomic E-state index is -3.25. The molecule has 2 amide bonds. The topological polar surface area (TPSA) is 142 Å². The van der Waals surface area contributed by atoms with Gasteiger partial charge in [0.05, 0.1) is 30.9 Å². The Labute approximate surface area is 217 Å². The van der Waals surface area contributed by atoms with E-state index in [4.69, 9.17) is 10.5 Å². The first-order chi connectivity index (χ1) is 17.6. The van der Waals surface area contributed by atoms with Crippen LogP contribution in [0, 0.1) is 0 Å². The Morgan fingerprint density at radius 1 is 1.35 bits per heavy atom. The largest absolute Gasteiger partial charge is 0.433 e. The predicted molar refractivity (Wildman–Crippen MR) is 134 cm³/mol. The van der Waals surface area contributed by atoms with E-state index < -0.39 is 23.7 Å². The summed E-state index contributed by atoms with van der Waals surface area (Å²) in [6, 6.07) is 6.07. The van der Waals surface area contributed by atoms with E-state index in [0.29, 0.717) is 39.7 Å². The van der Waals surface area contributed by atoms with Gasteiger partial charge in [-0.15, -0.1) is 0 Å². The molecule has 14 heteroatoms. The average Bonchev–Trinajstić information content (AvgIpc) is 3.25. The van der Waals surface area contributed by atoms with Crippen LogP contribution < -0.4 is 25.4 Å². The summed E-state index contributed by atoms with van der Waals surface area (Å²) in [5.41, 5.74) is 5.76. The molecule has 0 saturated carbocycles. The number of carbonyl (C=O) groups is 2. The molecule has 11 nitrogen and oxygen atoms in total. The van der Waals surface area contributed by atoms with Gasteiger partial charge in [0.15, 0.2) is 0 Å². The van der Waals surface area contributed by atoms with E-state index in [9.17, 15) is 23.5 Å². The molecule has 0 aromatic heterocycles. The van der Waals surface area contributed by atoms with Crippen LogP contribution in [0.3, 0.4) is 0 Å². The molecule has 1 spiro atoms. The lowest BCUT2D eigenvalue weighted by Crippen LogP contribution is -2.57. The van der Waals surface area contributed by atoms with Crippen molar-refractivity contribution in [2.75, 3.05) is 44.3 Å². The second kappa shape index (κ2) is 11.2. The van der Waals surface area contributed by atoms with Crippen molar-refractivity contribution in [1.29, 1.82) is 0 Å². The summed E-state index contributed by atoms with van der Waals surface area (Å²) in [5, 5.41) is 12.7. The van der Waals surface area contributed by atoms with Gasteiger partial charge in [-0.3, -0.25) is 14.5 Å². The predicted octanol–water partition coefficient (Wildman–Crippen LogP) is 0.761. The van der Waals surface area contributed by atoms with Gasteiger partial charge >= 0.3 is 6.11 Å². The zero-order valence-electron chi connectivity index (χ0n) is 20.3. The third kappa shape index (κ3) is 7.09. The summed E-state index contributed by atoms with van der Waals surface area (Å²) < 4.78 is 43.6. The zero-order chi connectivity index (χ0) is 26.6. The Morgan fingerprint density at radius 3 is 2.78 bits per heavy atom. The highest BCUT2D eigenvalue weighted by molar-refractivity contribution is 7.96. The molecule has 4 rings (SSSR count). The molecule has 2 fully saturated rings. The summed E-state index contributed by atoms with van der Waals surface area (Å²) in [7, 11) is 0. The summed E-state index contributed by atoms with van der Waals surface area (Å²) in [6.07, 6.45) is -1.13. The SMILES string of the molecule is CC(F)(F)Oc1ccc(N2CCC3(C2)CN(C(CO)CC(=O)NC2=NSNC(C(N)=O)=C2)CCO3)cc1. The van der Waals surface area contributed by atoms with Crippen molar-refractivity contribution in [3.8, 4) is 5.75 Å². The number of nitrogens with zero attached hydrogens (tertiary/aromatic N) is 3. The van der Waals surface area contributed by atoms with Crippen LogP contribution in [0.4, 0.5) is 14.5 Å². The molecule has 2 saturated heterocycles. The highest BCUT2D eigenvalue weighted by Crippen LogP contribution is 2.34. The molecule has 0 bridgehead atoms. The van der Waals surface area contributed by atoms with E-state index in [-0.39, 0.29) is 36.2 Å². The van der Waals surface area contributed by atoms with E-state index in [2.05, 4.69) is 29.0 Å². The number of primary amides is 1. The van der Waals surface area contributed by atoms with Crippen LogP contribution in [0.25, 0.3) is 0 Å². The number of benzene rings is 1. The molecular weight excluding hydrogens is 510 g/mol. The molecule has 3 aliphatic heterocycles. The number of alkyl halides is 2. The number of aliphatic hydroxyl groups is 1. The Hall–Kier alpha value is -2.94. The number of anilines is 1.